The minimum absolute atomic E-state index is 0.260. The number of anilines is 1. The van der Waals surface area contributed by atoms with Gasteiger partial charge in [0, 0.05) is 17.5 Å². The molecular weight excluding hydrogens is 275 g/mol. The Labute approximate surface area is 122 Å². The first-order valence-electron chi connectivity index (χ1n) is 6.77. The molecule has 0 atom stereocenters. The highest BCUT2D eigenvalue weighted by Gasteiger charge is 2.10. The van der Waals surface area contributed by atoms with Gasteiger partial charge in [-0.25, -0.2) is 19.3 Å². The SMILES string of the molecule is CCc1ncnc(NCc2cnc(CC(C)C)s2)c1F. The lowest BCUT2D eigenvalue weighted by Crippen LogP contribution is -2.06. The number of nitrogens with zero attached hydrogens (tertiary/aromatic N) is 3. The summed E-state index contributed by atoms with van der Waals surface area (Å²) in [7, 11) is 0. The Morgan fingerprint density at radius 2 is 2.10 bits per heavy atom. The molecule has 0 aliphatic heterocycles. The fraction of sp³-hybridized carbons (Fsp3) is 0.500. The lowest BCUT2D eigenvalue weighted by Gasteiger charge is -2.06. The van der Waals surface area contributed by atoms with E-state index in [0.717, 1.165) is 16.3 Å². The van der Waals surface area contributed by atoms with Crippen LogP contribution in [0, 0.1) is 11.7 Å². The molecule has 6 heteroatoms. The Morgan fingerprint density at radius 1 is 1.30 bits per heavy atom. The van der Waals surface area contributed by atoms with Crippen LogP contribution in [0.1, 0.15) is 36.3 Å². The van der Waals surface area contributed by atoms with Crippen LogP contribution in [-0.2, 0) is 19.4 Å². The molecule has 2 aromatic rings. The quantitative estimate of drug-likeness (QED) is 0.886. The highest BCUT2D eigenvalue weighted by atomic mass is 32.1. The molecule has 0 aromatic carbocycles. The van der Waals surface area contributed by atoms with Gasteiger partial charge in [-0.3, -0.25) is 0 Å². The van der Waals surface area contributed by atoms with Crippen molar-refractivity contribution in [3.63, 3.8) is 0 Å². The molecular formula is C14H19FN4S. The van der Waals surface area contributed by atoms with Gasteiger partial charge in [-0.2, -0.15) is 0 Å². The van der Waals surface area contributed by atoms with Crippen molar-refractivity contribution in [1.29, 1.82) is 0 Å². The molecule has 4 nitrogen and oxygen atoms in total. The lowest BCUT2D eigenvalue weighted by atomic mass is 10.1. The van der Waals surface area contributed by atoms with E-state index in [9.17, 15) is 4.39 Å². The van der Waals surface area contributed by atoms with Gasteiger partial charge in [0.2, 0.25) is 0 Å². The van der Waals surface area contributed by atoms with E-state index in [0.29, 0.717) is 24.6 Å². The summed E-state index contributed by atoms with van der Waals surface area (Å²) >= 11 is 1.66. The van der Waals surface area contributed by atoms with Crippen LogP contribution >= 0.6 is 11.3 Å². The Hall–Kier alpha value is -1.56. The van der Waals surface area contributed by atoms with Crippen molar-refractivity contribution in [2.24, 2.45) is 5.92 Å². The van der Waals surface area contributed by atoms with Crippen molar-refractivity contribution in [3.8, 4) is 0 Å². The number of aromatic nitrogens is 3. The normalized spacial score (nSPS) is 11.1. The fourth-order valence-electron chi connectivity index (χ4n) is 1.82. The summed E-state index contributed by atoms with van der Waals surface area (Å²) in [6, 6.07) is 0. The van der Waals surface area contributed by atoms with Gasteiger partial charge in [-0.1, -0.05) is 20.8 Å². The maximum absolute atomic E-state index is 14.0. The first-order chi connectivity index (χ1) is 9.60. The Balaban J connectivity index is 2.00. The van der Waals surface area contributed by atoms with E-state index in [-0.39, 0.29) is 11.6 Å². The third-order valence-electron chi connectivity index (χ3n) is 2.81. The molecule has 0 spiro atoms. The Morgan fingerprint density at radius 3 is 2.80 bits per heavy atom. The summed E-state index contributed by atoms with van der Waals surface area (Å²) in [6.07, 6.45) is 4.77. The molecule has 0 aliphatic carbocycles. The maximum atomic E-state index is 14.0. The molecule has 0 bridgehead atoms. The number of rotatable bonds is 6. The van der Waals surface area contributed by atoms with Crippen LogP contribution in [0.4, 0.5) is 10.2 Å². The van der Waals surface area contributed by atoms with Crippen LogP contribution in [0.3, 0.4) is 0 Å². The first-order valence-corrected chi connectivity index (χ1v) is 7.58. The summed E-state index contributed by atoms with van der Waals surface area (Å²) in [5, 5.41) is 4.13. The number of hydrogen-bond donors (Lipinski definition) is 1. The number of nitrogens with one attached hydrogen (secondary N) is 1. The number of thiazole rings is 1. The fourth-order valence-corrected chi connectivity index (χ4v) is 2.89. The minimum atomic E-state index is -0.359. The lowest BCUT2D eigenvalue weighted by molar-refractivity contribution is 0.597. The summed E-state index contributed by atoms with van der Waals surface area (Å²) < 4.78 is 14.0. The molecule has 0 saturated carbocycles. The molecule has 20 heavy (non-hydrogen) atoms. The van der Waals surface area contributed by atoms with Gasteiger partial charge in [0.05, 0.1) is 17.2 Å². The number of hydrogen-bond acceptors (Lipinski definition) is 5. The van der Waals surface area contributed by atoms with Crippen molar-refractivity contribution in [2.45, 2.75) is 40.2 Å². The van der Waals surface area contributed by atoms with Gasteiger partial charge in [0.15, 0.2) is 11.6 Å². The molecule has 2 aromatic heterocycles. The topological polar surface area (TPSA) is 50.7 Å². The van der Waals surface area contributed by atoms with Gasteiger partial charge >= 0.3 is 0 Å². The van der Waals surface area contributed by atoms with E-state index in [2.05, 4.69) is 34.1 Å². The highest BCUT2D eigenvalue weighted by Crippen LogP contribution is 2.19. The van der Waals surface area contributed by atoms with E-state index < -0.39 is 0 Å². The van der Waals surface area contributed by atoms with Crippen molar-refractivity contribution in [2.75, 3.05) is 5.32 Å². The Bertz CT molecular complexity index is 568. The molecule has 0 aliphatic rings. The zero-order chi connectivity index (χ0) is 14.5. The molecule has 2 rings (SSSR count). The second kappa shape index (κ2) is 6.74. The second-order valence-corrected chi connectivity index (χ2v) is 6.21. The van der Waals surface area contributed by atoms with Gasteiger partial charge < -0.3 is 5.32 Å². The predicted octanol–water partition coefficient (Wildman–Crippen LogP) is 3.45. The first kappa shape index (κ1) is 14.8. The third-order valence-corrected chi connectivity index (χ3v) is 3.83. The van der Waals surface area contributed by atoms with Crippen molar-refractivity contribution in [1.82, 2.24) is 15.0 Å². The van der Waals surface area contributed by atoms with Gasteiger partial charge in [0.1, 0.15) is 6.33 Å². The van der Waals surface area contributed by atoms with Crippen LogP contribution < -0.4 is 5.32 Å². The second-order valence-electron chi connectivity index (χ2n) is 5.01. The highest BCUT2D eigenvalue weighted by molar-refractivity contribution is 7.11. The van der Waals surface area contributed by atoms with Gasteiger partial charge in [0.25, 0.3) is 0 Å². The minimum Gasteiger partial charge on any atom is -0.363 e. The summed E-state index contributed by atoms with van der Waals surface area (Å²) in [6.45, 7) is 6.74. The smallest absolute Gasteiger partial charge is 0.186 e. The van der Waals surface area contributed by atoms with Crippen LogP contribution in [-0.4, -0.2) is 15.0 Å². The summed E-state index contributed by atoms with van der Waals surface area (Å²) in [4.78, 5) is 13.3. The van der Waals surface area contributed by atoms with Crippen LogP contribution in [0.2, 0.25) is 0 Å². The maximum Gasteiger partial charge on any atom is 0.186 e. The molecule has 0 radical (unpaired) electrons. The summed E-state index contributed by atoms with van der Waals surface area (Å²) in [5.74, 6) is 0.492. The molecule has 1 N–H and O–H groups in total. The monoisotopic (exact) mass is 294 g/mol. The zero-order valence-corrected chi connectivity index (χ0v) is 12.8. The average molecular weight is 294 g/mol. The standard InChI is InChI=1S/C14H19FN4S/c1-4-11-13(15)14(19-8-18-11)17-7-10-6-16-12(20-10)5-9(2)3/h6,8-9H,4-5,7H2,1-3H3,(H,17,18,19). The van der Waals surface area contributed by atoms with Crippen molar-refractivity contribution in [3.05, 3.63) is 33.9 Å². The van der Waals surface area contributed by atoms with Crippen LogP contribution in [0.25, 0.3) is 0 Å². The third kappa shape index (κ3) is 3.72. The molecule has 0 saturated heterocycles. The van der Waals surface area contributed by atoms with Gasteiger partial charge in [-0.05, 0) is 12.3 Å². The average Bonchev–Trinajstić information content (AvgIpc) is 2.84. The predicted molar refractivity (Wildman–Crippen MR) is 79.4 cm³/mol. The molecule has 108 valence electrons. The van der Waals surface area contributed by atoms with E-state index in [4.69, 9.17) is 0 Å². The van der Waals surface area contributed by atoms with Gasteiger partial charge in [-0.15, -0.1) is 11.3 Å². The van der Waals surface area contributed by atoms with E-state index >= 15 is 0 Å². The van der Waals surface area contributed by atoms with Crippen molar-refractivity contribution >= 4 is 17.2 Å². The number of aryl methyl sites for hydroxylation is 1. The van der Waals surface area contributed by atoms with E-state index in [1.807, 2.05) is 13.1 Å². The van der Waals surface area contributed by atoms with E-state index in [1.54, 1.807) is 11.3 Å². The van der Waals surface area contributed by atoms with Crippen molar-refractivity contribution < 1.29 is 4.39 Å². The largest absolute Gasteiger partial charge is 0.363 e. The van der Waals surface area contributed by atoms with Crippen LogP contribution in [0.15, 0.2) is 12.5 Å². The molecule has 0 amide bonds. The van der Waals surface area contributed by atoms with E-state index in [1.165, 1.54) is 6.33 Å². The van der Waals surface area contributed by atoms with Crippen LogP contribution in [0.5, 0.6) is 0 Å². The molecule has 2 heterocycles. The molecule has 0 unspecified atom stereocenters. The summed E-state index contributed by atoms with van der Waals surface area (Å²) in [5.41, 5.74) is 0.437. The molecule has 0 fully saturated rings. The number of halogens is 1. The Kier molecular flexibility index (Phi) is 5.00. The zero-order valence-electron chi connectivity index (χ0n) is 12.0.